The molecule has 108 valence electrons. The molecule has 0 aromatic rings. The SMILES string of the molecule is CCC1=C(CC)C(C)C(C)CC2=C1CC(NC)CC2. The lowest BCUT2D eigenvalue weighted by Crippen LogP contribution is -2.29. The molecule has 2 rings (SSSR count). The Hall–Kier alpha value is -0.560. The molecule has 0 aromatic heterocycles. The van der Waals surface area contributed by atoms with Gasteiger partial charge in [0.1, 0.15) is 0 Å². The van der Waals surface area contributed by atoms with E-state index < -0.39 is 0 Å². The Bertz CT molecular complexity index is 388. The Labute approximate surface area is 119 Å². The van der Waals surface area contributed by atoms with E-state index in [1.54, 1.807) is 22.3 Å². The van der Waals surface area contributed by atoms with Gasteiger partial charge in [0.2, 0.25) is 0 Å². The number of hydrogen-bond acceptors (Lipinski definition) is 1. The summed E-state index contributed by atoms with van der Waals surface area (Å²) < 4.78 is 0. The number of allylic oxidation sites excluding steroid dienone is 3. The first-order chi connectivity index (χ1) is 9.12. The van der Waals surface area contributed by atoms with Crippen molar-refractivity contribution in [3.8, 4) is 0 Å². The lowest BCUT2D eigenvalue weighted by atomic mass is 9.81. The predicted molar refractivity (Wildman–Crippen MR) is 84.3 cm³/mol. The van der Waals surface area contributed by atoms with E-state index in [4.69, 9.17) is 0 Å². The highest BCUT2D eigenvalue weighted by molar-refractivity contribution is 5.43. The van der Waals surface area contributed by atoms with Gasteiger partial charge in [0.25, 0.3) is 0 Å². The fourth-order valence-corrected chi connectivity index (χ4v) is 4.15. The molecule has 0 saturated heterocycles. The molecule has 0 heterocycles. The smallest absolute Gasteiger partial charge is 0.0108 e. The molecular weight excluding hydrogens is 230 g/mol. The van der Waals surface area contributed by atoms with E-state index in [1.165, 1.54) is 38.5 Å². The molecule has 0 amide bonds. The van der Waals surface area contributed by atoms with Gasteiger partial charge in [-0.15, -0.1) is 0 Å². The summed E-state index contributed by atoms with van der Waals surface area (Å²) in [6.45, 7) is 9.60. The molecule has 0 aromatic carbocycles. The summed E-state index contributed by atoms with van der Waals surface area (Å²) in [4.78, 5) is 0. The summed E-state index contributed by atoms with van der Waals surface area (Å²) in [6, 6.07) is 0.696. The molecule has 1 nitrogen and oxygen atoms in total. The van der Waals surface area contributed by atoms with Gasteiger partial charge in [-0.25, -0.2) is 0 Å². The standard InChI is InChI=1S/C18H31N/c1-6-16-13(4)12(3)10-14-8-9-15(19-5)11-18(14)17(16)7-2/h12-13,15,19H,6-11H2,1-5H3. The van der Waals surface area contributed by atoms with Crippen LogP contribution in [0, 0.1) is 11.8 Å². The minimum atomic E-state index is 0.696. The normalized spacial score (nSPS) is 32.4. The highest BCUT2D eigenvalue weighted by Crippen LogP contribution is 2.43. The fraction of sp³-hybridized carbons (Fsp3) is 0.778. The van der Waals surface area contributed by atoms with Crippen LogP contribution in [0.25, 0.3) is 0 Å². The molecule has 2 aliphatic rings. The molecule has 0 saturated carbocycles. The summed E-state index contributed by atoms with van der Waals surface area (Å²) >= 11 is 0. The van der Waals surface area contributed by atoms with Crippen LogP contribution >= 0.6 is 0 Å². The molecule has 3 unspecified atom stereocenters. The lowest BCUT2D eigenvalue weighted by Gasteiger charge is -2.28. The van der Waals surface area contributed by atoms with Crippen LogP contribution in [-0.2, 0) is 0 Å². The van der Waals surface area contributed by atoms with E-state index in [0.29, 0.717) is 6.04 Å². The molecule has 1 heteroatoms. The number of hydrogen-bond donors (Lipinski definition) is 1. The van der Waals surface area contributed by atoms with Gasteiger partial charge in [-0.05, 0) is 68.6 Å². The van der Waals surface area contributed by atoms with Crippen molar-refractivity contribution < 1.29 is 0 Å². The summed E-state index contributed by atoms with van der Waals surface area (Å²) in [7, 11) is 2.12. The highest BCUT2D eigenvalue weighted by Gasteiger charge is 2.30. The van der Waals surface area contributed by atoms with Crippen molar-refractivity contribution in [1.29, 1.82) is 0 Å². The Kier molecular flexibility index (Phi) is 4.89. The third kappa shape index (κ3) is 2.81. The van der Waals surface area contributed by atoms with E-state index >= 15 is 0 Å². The van der Waals surface area contributed by atoms with Gasteiger partial charge >= 0.3 is 0 Å². The van der Waals surface area contributed by atoms with Crippen molar-refractivity contribution in [2.45, 2.75) is 72.3 Å². The van der Waals surface area contributed by atoms with Gasteiger partial charge in [-0.2, -0.15) is 0 Å². The van der Waals surface area contributed by atoms with E-state index in [2.05, 4.69) is 40.1 Å². The Balaban J connectivity index is 2.45. The monoisotopic (exact) mass is 261 g/mol. The van der Waals surface area contributed by atoms with Crippen molar-refractivity contribution in [3.63, 3.8) is 0 Å². The van der Waals surface area contributed by atoms with Crippen LogP contribution in [0.3, 0.4) is 0 Å². The van der Waals surface area contributed by atoms with Crippen molar-refractivity contribution in [2.75, 3.05) is 7.05 Å². The summed E-state index contributed by atoms with van der Waals surface area (Å²) in [5.74, 6) is 1.58. The number of rotatable bonds is 3. The van der Waals surface area contributed by atoms with Crippen LogP contribution in [-0.4, -0.2) is 13.1 Å². The summed E-state index contributed by atoms with van der Waals surface area (Å²) in [5.41, 5.74) is 6.98. The van der Waals surface area contributed by atoms with Crippen LogP contribution in [0.5, 0.6) is 0 Å². The molecule has 19 heavy (non-hydrogen) atoms. The maximum Gasteiger partial charge on any atom is 0.0108 e. The molecular formula is C18H31N. The fourth-order valence-electron chi connectivity index (χ4n) is 4.15. The summed E-state index contributed by atoms with van der Waals surface area (Å²) in [5, 5.41) is 3.50. The molecule has 2 aliphatic carbocycles. The van der Waals surface area contributed by atoms with Crippen LogP contribution in [0.1, 0.15) is 66.2 Å². The van der Waals surface area contributed by atoms with Crippen LogP contribution < -0.4 is 5.32 Å². The average molecular weight is 261 g/mol. The Morgan fingerprint density at radius 1 is 1.11 bits per heavy atom. The maximum absolute atomic E-state index is 3.50. The first-order valence-corrected chi connectivity index (χ1v) is 8.22. The molecule has 0 fully saturated rings. The minimum Gasteiger partial charge on any atom is -0.317 e. The Morgan fingerprint density at radius 3 is 2.42 bits per heavy atom. The molecule has 0 aliphatic heterocycles. The van der Waals surface area contributed by atoms with Crippen LogP contribution in [0.4, 0.5) is 0 Å². The number of nitrogens with one attached hydrogen (secondary N) is 1. The Morgan fingerprint density at radius 2 is 1.84 bits per heavy atom. The zero-order valence-corrected chi connectivity index (χ0v) is 13.5. The first kappa shape index (κ1) is 14.8. The van der Waals surface area contributed by atoms with Crippen molar-refractivity contribution in [2.24, 2.45) is 11.8 Å². The zero-order valence-electron chi connectivity index (χ0n) is 13.5. The van der Waals surface area contributed by atoms with Crippen LogP contribution in [0.2, 0.25) is 0 Å². The lowest BCUT2D eigenvalue weighted by molar-refractivity contribution is 0.417. The van der Waals surface area contributed by atoms with E-state index in [0.717, 1.165) is 11.8 Å². The van der Waals surface area contributed by atoms with Crippen molar-refractivity contribution >= 4 is 0 Å². The summed E-state index contributed by atoms with van der Waals surface area (Å²) in [6.07, 6.45) is 7.69. The van der Waals surface area contributed by atoms with Crippen molar-refractivity contribution in [1.82, 2.24) is 5.32 Å². The first-order valence-electron chi connectivity index (χ1n) is 8.22. The second-order valence-electron chi connectivity index (χ2n) is 6.49. The molecule has 3 atom stereocenters. The molecule has 0 bridgehead atoms. The maximum atomic E-state index is 3.50. The van der Waals surface area contributed by atoms with E-state index in [1.807, 2.05) is 0 Å². The molecule has 1 N–H and O–H groups in total. The molecule has 0 spiro atoms. The zero-order chi connectivity index (χ0) is 14.0. The van der Waals surface area contributed by atoms with E-state index in [9.17, 15) is 0 Å². The van der Waals surface area contributed by atoms with Gasteiger partial charge in [0.15, 0.2) is 0 Å². The van der Waals surface area contributed by atoms with Gasteiger partial charge in [-0.3, -0.25) is 0 Å². The quantitative estimate of drug-likeness (QED) is 0.766. The second-order valence-corrected chi connectivity index (χ2v) is 6.49. The molecule has 0 radical (unpaired) electrons. The second kappa shape index (κ2) is 6.26. The topological polar surface area (TPSA) is 12.0 Å². The van der Waals surface area contributed by atoms with Gasteiger partial charge < -0.3 is 5.32 Å². The third-order valence-electron chi connectivity index (χ3n) is 5.54. The third-order valence-corrected chi connectivity index (χ3v) is 5.54. The highest BCUT2D eigenvalue weighted by atomic mass is 14.9. The van der Waals surface area contributed by atoms with Crippen LogP contribution in [0.15, 0.2) is 22.3 Å². The van der Waals surface area contributed by atoms with Gasteiger partial charge in [0.05, 0.1) is 0 Å². The van der Waals surface area contributed by atoms with Crippen molar-refractivity contribution in [3.05, 3.63) is 22.3 Å². The largest absolute Gasteiger partial charge is 0.317 e. The van der Waals surface area contributed by atoms with Gasteiger partial charge in [0, 0.05) is 6.04 Å². The van der Waals surface area contributed by atoms with Gasteiger partial charge in [-0.1, -0.05) is 38.8 Å². The van der Waals surface area contributed by atoms with E-state index in [-0.39, 0.29) is 0 Å². The average Bonchev–Trinajstić information content (AvgIpc) is 2.53. The minimum absolute atomic E-state index is 0.696. The predicted octanol–water partition coefficient (Wildman–Crippen LogP) is 4.85.